The highest BCUT2D eigenvalue weighted by Gasteiger charge is 2.14. The van der Waals surface area contributed by atoms with Gasteiger partial charge in [-0.3, -0.25) is 10.1 Å². The predicted molar refractivity (Wildman–Crippen MR) is 89.3 cm³/mol. The Labute approximate surface area is 140 Å². The number of anilines is 1. The third-order valence-electron chi connectivity index (χ3n) is 3.26. The van der Waals surface area contributed by atoms with Crippen molar-refractivity contribution in [3.8, 4) is 17.0 Å². The summed E-state index contributed by atoms with van der Waals surface area (Å²) in [7, 11) is 1.30. The average Bonchev–Trinajstić information content (AvgIpc) is 3.23. The smallest absolute Gasteiger partial charge is 0.354 e. The van der Waals surface area contributed by atoms with Gasteiger partial charge in [0.1, 0.15) is 11.4 Å². The van der Waals surface area contributed by atoms with E-state index in [0.717, 1.165) is 0 Å². The van der Waals surface area contributed by atoms with Crippen LogP contribution in [0.2, 0.25) is 0 Å². The van der Waals surface area contributed by atoms with Gasteiger partial charge in [-0.05, 0) is 18.2 Å². The number of hydrogen-bond donors (Lipinski definition) is 3. The zero-order chi connectivity index (χ0) is 17.1. The number of para-hydroxylation sites is 1. The fourth-order valence-electron chi connectivity index (χ4n) is 2.06. The summed E-state index contributed by atoms with van der Waals surface area (Å²) in [5.74, 6) is -1.01. The van der Waals surface area contributed by atoms with Crippen molar-refractivity contribution in [2.75, 3.05) is 12.4 Å². The van der Waals surface area contributed by atoms with E-state index in [4.69, 9.17) is 0 Å². The number of H-pyrrole nitrogens is 1. The Balaban J connectivity index is 1.76. The predicted octanol–water partition coefficient (Wildman–Crippen LogP) is 2.88. The molecular formula is C16H13N3O4S. The SMILES string of the molecule is COC(=O)c1cc(-c2csc(NC(=O)c3ccccc3O)n2)c[nH]1. The Morgan fingerprint density at radius 3 is 2.88 bits per heavy atom. The van der Waals surface area contributed by atoms with E-state index in [9.17, 15) is 14.7 Å². The number of nitrogens with zero attached hydrogens (tertiary/aromatic N) is 1. The highest BCUT2D eigenvalue weighted by atomic mass is 32.1. The van der Waals surface area contributed by atoms with Crippen LogP contribution in [0.4, 0.5) is 5.13 Å². The van der Waals surface area contributed by atoms with Gasteiger partial charge in [0.25, 0.3) is 5.91 Å². The summed E-state index contributed by atoms with van der Waals surface area (Å²) in [6, 6.07) is 7.88. The van der Waals surface area contributed by atoms with Crippen molar-refractivity contribution >= 4 is 28.3 Å². The van der Waals surface area contributed by atoms with Crippen LogP contribution in [0.5, 0.6) is 5.75 Å². The molecule has 0 aliphatic rings. The highest BCUT2D eigenvalue weighted by molar-refractivity contribution is 7.14. The number of rotatable bonds is 4. The summed E-state index contributed by atoms with van der Waals surface area (Å²) in [5.41, 5.74) is 1.80. The molecule has 8 heteroatoms. The number of aromatic amines is 1. The molecule has 3 rings (SSSR count). The first-order valence-electron chi connectivity index (χ1n) is 6.90. The Morgan fingerprint density at radius 2 is 2.12 bits per heavy atom. The maximum absolute atomic E-state index is 12.1. The van der Waals surface area contributed by atoms with Crippen molar-refractivity contribution in [3.05, 3.63) is 53.2 Å². The molecule has 3 N–H and O–H groups in total. The second-order valence-corrected chi connectivity index (χ2v) is 5.66. The van der Waals surface area contributed by atoms with Crippen LogP contribution in [-0.4, -0.2) is 34.1 Å². The van der Waals surface area contributed by atoms with Crippen molar-refractivity contribution in [2.45, 2.75) is 0 Å². The molecule has 0 saturated heterocycles. The number of methoxy groups -OCH3 is 1. The molecule has 0 spiro atoms. The van der Waals surface area contributed by atoms with E-state index in [-0.39, 0.29) is 11.3 Å². The molecule has 2 aromatic heterocycles. The molecule has 1 amide bonds. The van der Waals surface area contributed by atoms with Gasteiger partial charge in [-0.15, -0.1) is 11.3 Å². The quantitative estimate of drug-likeness (QED) is 0.632. The summed E-state index contributed by atoms with van der Waals surface area (Å²) in [6.45, 7) is 0. The van der Waals surface area contributed by atoms with E-state index >= 15 is 0 Å². The molecule has 3 aromatic rings. The largest absolute Gasteiger partial charge is 0.507 e. The number of nitrogens with one attached hydrogen (secondary N) is 2. The Bertz CT molecular complexity index is 900. The second-order valence-electron chi connectivity index (χ2n) is 4.80. The normalized spacial score (nSPS) is 10.4. The summed E-state index contributed by atoms with van der Waals surface area (Å²) < 4.78 is 4.63. The topological polar surface area (TPSA) is 104 Å². The van der Waals surface area contributed by atoms with Gasteiger partial charge in [-0.25, -0.2) is 9.78 Å². The molecule has 122 valence electrons. The molecule has 0 radical (unpaired) electrons. The van der Waals surface area contributed by atoms with E-state index in [1.54, 1.807) is 29.8 Å². The third kappa shape index (κ3) is 3.13. The summed E-state index contributed by atoms with van der Waals surface area (Å²) in [4.78, 5) is 30.7. The van der Waals surface area contributed by atoms with Crippen LogP contribution in [0.25, 0.3) is 11.3 Å². The number of carbonyl (C=O) groups is 2. The van der Waals surface area contributed by atoms with E-state index in [0.29, 0.717) is 22.1 Å². The first-order chi connectivity index (χ1) is 11.6. The molecule has 0 aliphatic heterocycles. The maximum atomic E-state index is 12.1. The molecule has 0 saturated carbocycles. The number of aromatic hydroxyl groups is 1. The first kappa shape index (κ1) is 15.8. The molecule has 0 bridgehead atoms. The fraction of sp³-hybridized carbons (Fsp3) is 0.0625. The molecule has 0 aliphatic carbocycles. The Morgan fingerprint density at radius 1 is 1.33 bits per heavy atom. The fourth-order valence-corrected chi connectivity index (χ4v) is 2.78. The standard InChI is InChI=1S/C16H13N3O4S/c1-23-15(22)11-6-9(7-17-11)12-8-24-16(18-12)19-14(21)10-4-2-3-5-13(10)20/h2-8,17,20H,1H3,(H,18,19,21). The highest BCUT2D eigenvalue weighted by Crippen LogP contribution is 2.26. The minimum absolute atomic E-state index is 0.0971. The lowest BCUT2D eigenvalue weighted by atomic mass is 10.2. The number of esters is 1. The number of phenols is 1. The lowest BCUT2D eigenvalue weighted by Gasteiger charge is -2.03. The van der Waals surface area contributed by atoms with Gasteiger partial charge < -0.3 is 14.8 Å². The number of phenolic OH excluding ortho intramolecular Hbond substituents is 1. The van der Waals surface area contributed by atoms with Crippen molar-refractivity contribution in [3.63, 3.8) is 0 Å². The number of amides is 1. The minimum Gasteiger partial charge on any atom is -0.507 e. The Hall–Kier alpha value is -3.13. The van der Waals surface area contributed by atoms with E-state index in [1.165, 1.54) is 30.6 Å². The molecule has 0 atom stereocenters. The van der Waals surface area contributed by atoms with Crippen LogP contribution >= 0.6 is 11.3 Å². The van der Waals surface area contributed by atoms with Crippen LogP contribution in [0.15, 0.2) is 41.9 Å². The average molecular weight is 343 g/mol. The summed E-state index contributed by atoms with van der Waals surface area (Å²) in [5, 5.41) is 14.5. The van der Waals surface area contributed by atoms with Gasteiger partial charge in [-0.2, -0.15) is 0 Å². The van der Waals surface area contributed by atoms with Crippen LogP contribution in [0, 0.1) is 0 Å². The van der Waals surface area contributed by atoms with E-state index in [2.05, 4.69) is 20.0 Å². The third-order valence-corrected chi connectivity index (χ3v) is 4.02. The maximum Gasteiger partial charge on any atom is 0.354 e. The van der Waals surface area contributed by atoms with E-state index in [1.807, 2.05) is 0 Å². The zero-order valence-corrected chi connectivity index (χ0v) is 13.4. The van der Waals surface area contributed by atoms with Crippen LogP contribution < -0.4 is 5.32 Å². The number of carbonyl (C=O) groups excluding carboxylic acids is 2. The lowest BCUT2D eigenvalue weighted by molar-refractivity contribution is 0.0594. The van der Waals surface area contributed by atoms with Gasteiger partial charge in [0, 0.05) is 17.1 Å². The zero-order valence-electron chi connectivity index (χ0n) is 12.6. The molecule has 2 heterocycles. The van der Waals surface area contributed by atoms with E-state index < -0.39 is 11.9 Å². The van der Waals surface area contributed by atoms with Crippen molar-refractivity contribution in [1.82, 2.24) is 9.97 Å². The van der Waals surface area contributed by atoms with Gasteiger partial charge in [0.05, 0.1) is 18.4 Å². The van der Waals surface area contributed by atoms with Gasteiger partial charge in [0.2, 0.25) is 0 Å². The van der Waals surface area contributed by atoms with Crippen molar-refractivity contribution < 1.29 is 19.4 Å². The molecule has 24 heavy (non-hydrogen) atoms. The number of benzene rings is 1. The summed E-state index contributed by atoms with van der Waals surface area (Å²) in [6.07, 6.45) is 1.63. The van der Waals surface area contributed by atoms with Crippen molar-refractivity contribution in [2.24, 2.45) is 0 Å². The molecular weight excluding hydrogens is 330 g/mol. The number of ether oxygens (including phenoxy) is 1. The first-order valence-corrected chi connectivity index (χ1v) is 7.78. The van der Waals surface area contributed by atoms with Crippen LogP contribution in [-0.2, 0) is 4.74 Å². The number of thiazole rings is 1. The van der Waals surface area contributed by atoms with Crippen molar-refractivity contribution in [1.29, 1.82) is 0 Å². The lowest BCUT2D eigenvalue weighted by Crippen LogP contribution is -2.11. The Kier molecular flexibility index (Phi) is 4.30. The van der Waals surface area contributed by atoms with Gasteiger partial charge in [0.15, 0.2) is 5.13 Å². The van der Waals surface area contributed by atoms with Gasteiger partial charge >= 0.3 is 5.97 Å². The molecule has 0 unspecified atom stereocenters. The molecule has 7 nitrogen and oxygen atoms in total. The number of hydrogen-bond acceptors (Lipinski definition) is 6. The number of aromatic nitrogens is 2. The minimum atomic E-state index is -0.468. The monoisotopic (exact) mass is 343 g/mol. The summed E-state index contributed by atoms with van der Waals surface area (Å²) >= 11 is 1.24. The molecule has 0 fully saturated rings. The molecule has 1 aromatic carbocycles. The second kappa shape index (κ2) is 6.55. The van der Waals surface area contributed by atoms with Gasteiger partial charge in [-0.1, -0.05) is 12.1 Å². The van der Waals surface area contributed by atoms with Crippen LogP contribution in [0.1, 0.15) is 20.8 Å². The van der Waals surface area contributed by atoms with Crippen LogP contribution in [0.3, 0.4) is 0 Å².